The van der Waals surface area contributed by atoms with E-state index in [2.05, 4.69) is 6.07 Å². The predicted molar refractivity (Wildman–Crippen MR) is 136 cm³/mol. The quantitative estimate of drug-likeness (QED) is 0.187. The first-order valence-corrected chi connectivity index (χ1v) is 12.9. The van der Waals surface area contributed by atoms with Crippen LogP contribution >= 0.6 is 0 Å². The smallest absolute Gasteiger partial charge is 0.335 e. The van der Waals surface area contributed by atoms with E-state index in [0.717, 1.165) is 29.1 Å². The molecule has 4 aliphatic rings. The van der Waals surface area contributed by atoms with Gasteiger partial charge in [-0.3, -0.25) is 4.79 Å². The van der Waals surface area contributed by atoms with Crippen molar-refractivity contribution in [3.63, 3.8) is 0 Å². The lowest BCUT2D eigenvalue weighted by molar-refractivity contribution is -0.0190. The van der Waals surface area contributed by atoms with Crippen LogP contribution < -0.4 is 4.74 Å². The largest absolute Gasteiger partial charge is 0.478 e. The van der Waals surface area contributed by atoms with Crippen LogP contribution in [0.1, 0.15) is 70.4 Å². The van der Waals surface area contributed by atoms with Gasteiger partial charge in [-0.25, -0.2) is 4.79 Å². The summed E-state index contributed by atoms with van der Waals surface area (Å²) in [6.45, 7) is 1.07. The molecule has 4 fully saturated rings. The van der Waals surface area contributed by atoms with Crippen molar-refractivity contribution in [3.8, 4) is 5.75 Å². The molecule has 1 N–H and O–H groups in total. The van der Waals surface area contributed by atoms with E-state index in [1.165, 1.54) is 62.3 Å². The Balaban J connectivity index is 1.37. The Labute approximate surface area is 212 Å². The molecular formula is C30H34O6. The monoisotopic (exact) mass is 490 g/mol. The maximum Gasteiger partial charge on any atom is 0.335 e. The van der Waals surface area contributed by atoms with Crippen molar-refractivity contribution in [1.29, 1.82) is 0 Å². The fourth-order valence-electron chi connectivity index (χ4n) is 6.98. The third-order valence-corrected chi connectivity index (χ3v) is 8.19. The average molecular weight is 491 g/mol. The standard InChI is InChI=1S/C30H34O6/c1-34-10-11-35-19-36-28-15-25(27(31)9-4-20-2-5-24(6-3-20)29(32)33)7-8-26(28)30-16-21-12-22(17-30)14-23(13-21)18-30/h2-9,15,21-23H,10-14,16-19H2,1H3,(H,32,33). The van der Waals surface area contributed by atoms with E-state index in [9.17, 15) is 9.59 Å². The number of rotatable bonds is 11. The first-order chi connectivity index (χ1) is 17.5. The van der Waals surface area contributed by atoms with Crippen molar-refractivity contribution in [2.75, 3.05) is 27.1 Å². The zero-order valence-electron chi connectivity index (χ0n) is 20.8. The highest BCUT2D eigenvalue weighted by atomic mass is 16.7. The van der Waals surface area contributed by atoms with Gasteiger partial charge in [0, 0.05) is 18.2 Å². The van der Waals surface area contributed by atoms with Gasteiger partial charge in [0.2, 0.25) is 0 Å². The van der Waals surface area contributed by atoms with Crippen LogP contribution in [0.25, 0.3) is 6.08 Å². The van der Waals surface area contributed by atoms with Gasteiger partial charge in [-0.05, 0) is 91.5 Å². The maximum atomic E-state index is 13.0. The summed E-state index contributed by atoms with van der Waals surface area (Å²) in [4.78, 5) is 24.1. The van der Waals surface area contributed by atoms with Crippen molar-refractivity contribution in [1.82, 2.24) is 0 Å². The number of benzene rings is 2. The molecule has 6 rings (SSSR count). The molecule has 190 valence electrons. The van der Waals surface area contributed by atoms with Crippen LogP contribution in [0.5, 0.6) is 5.75 Å². The van der Waals surface area contributed by atoms with Gasteiger partial charge >= 0.3 is 5.97 Å². The molecule has 0 aliphatic heterocycles. The molecule has 0 heterocycles. The van der Waals surface area contributed by atoms with Gasteiger partial charge in [-0.15, -0.1) is 0 Å². The number of carboxylic acids is 1. The van der Waals surface area contributed by atoms with Gasteiger partial charge < -0.3 is 19.3 Å². The van der Waals surface area contributed by atoms with E-state index >= 15 is 0 Å². The summed E-state index contributed by atoms with van der Waals surface area (Å²) in [5.74, 6) is 2.06. The number of hydrogen-bond acceptors (Lipinski definition) is 5. The molecule has 2 aromatic carbocycles. The lowest BCUT2D eigenvalue weighted by Crippen LogP contribution is -2.48. The number of hydrogen-bond donors (Lipinski definition) is 1. The Morgan fingerprint density at radius 1 is 0.944 bits per heavy atom. The van der Waals surface area contributed by atoms with Gasteiger partial charge in [-0.1, -0.05) is 30.3 Å². The van der Waals surface area contributed by atoms with Gasteiger partial charge in [0.15, 0.2) is 12.6 Å². The average Bonchev–Trinajstić information content (AvgIpc) is 2.86. The Morgan fingerprint density at radius 2 is 1.58 bits per heavy atom. The molecule has 0 spiro atoms. The molecule has 4 saturated carbocycles. The number of ketones is 1. The molecule has 0 saturated heterocycles. The van der Waals surface area contributed by atoms with E-state index in [4.69, 9.17) is 19.3 Å². The topological polar surface area (TPSA) is 82.1 Å². The minimum Gasteiger partial charge on any atom is -0.478 e. The third kappa shape index (κ3) is 5.25. The van der Waals surface area contributed by atoms with Crippen LogP contribution in [0.2, 0.25) is 0 Å². The summed E-state index contributed by atoms with van der Waals surface area (Å²) in [6.07, 6.45) is 10.9. The highest BCUT2D eigenvalue weighted by molar-refractivity contribution is 6.07. The van der Waals surface area contributed by atoms with Crippen LogP contribution in [0.4, 0.5) is 0 Å². The molecular weight excluding hydrogens is 456 g/mol. The van der Waals surface area contributed by atoms with Crippen molar-refractivity contribution in [2.45, 2.75) is 43.9 Å². The van der Waals surface area contributed by atoms with E-state index in [0.29, 0.717) is 18.8 Å². The Bertz CT molecular complexity index is 1100. The zero-order chi connectivity index (χ0) is 25.1. The van der Waals surface area contributed by atoms with Gasteiger partial charge in [-0.2, -0.15) is 0 Å². The molecule has 6 nitrogen and oxygen atoms in total. The summed E-state index contributed by atoms with van der Waals surface area (Å²) < 4.78 is 16.8. The number of ether oxygens (including phenoxy) is 3. The maximum absolute atomic E-state index is 13.0. The second-order valence-electron chi connectivity index (χ2n) is 10.7. The molecule has 4 bridgehead atoms. The number of carbonyl (C=O) groups excluding carboxylic acids is 1. The summed E-state index contributed by atoms with van der Waals surface area (Å²) in [7, 11) is 1.64. The van der Waals surface area contributed by atoms with Crippen molar-refractivity contribution in [3.05, 3.63) is 70.8 Å². The number of aromatic carboxylic acids is 1. The SMILES string of the molecule is COCCOCOc1cc(C(=O)C=Cc2ccc(C(=O)O)cc2)ccc1C12CC3CC(CC(C3)C1)C2. The fourth-order valence-corrected chi connectivity index (χ4v) is 6.98. The molecule has 0 aromatic heterocycles. The lowest BCUT2D eigenvalue weighted by atomic mass is 9.48. The van der Waals surface area contributed by atoms with E-state index in [1.807, 2.05) is 12.1 Å². The highest BCUT2D eigenvalue weighted by Gasteiger charge is 2.52. The normalized spacial score (nSPS) is 26.4. The van der Waals surface area contributed by atoms with E-state index < -0.39 is 5.97 Å². The van der Waals surface area contributed by atoms with Crippen molar-refractivity contribution in [2.24, 2.45) is 17.8 Å². The number of carboxylic acid groups (broad SMARTS) is 1. The Kier molecular flexibility index (Phi) is 7.26. The molecule has 0 radical (unpaired) electrons. The second-order valence-corrected chi connectivity index (χ2v) is 10.7. The fraction of sp³-hybridized carbons (Fsp3) is 0.467. The van der Waals surface area contributed by atoms with Crippen LogP contribution in [0, 0.1) is 17.8 Å². The molecule has 36 heavy (non-hydrogen) atoms. The molecule has 2 aromatic rings. The molecule has 0 atom stereocenters. The van der Waals surface area contributed by atoms with Gasteiger partial charge in [0.25, 0.3) is 0 Å². The third-order valence-electron chi connectivity index (χ3n) is 8.19. The van der Waals surface area contributed by atoms with Gasteiger partial charge in [0.1, 0.15) is 5.75 Å². The lowest BCUT2D eigenvalue weighted by Gasteiger charge is -2.57. The summed E-state index contributed by atoms with van der Waals surface area (Å²) in [6, 6.07) is 12.3. The molecule has 0 unspecified atom stereocenters. The Morgan fingerprint density at radius 3 is 2.19 bits per heavy atom. The first-order valence-electron chi connectivity index (χ1n) is 12.9. The molecule has 0 amide bonds. The molecule has 6 heteroatoms. The van der Waals surface area contributed by atoms with Crippen molar-refractivity contribution < 1.29 is 28.9 Å². The molecule has 4 aliphatic carbocycles. The highest BCUT2D eigenvalue weighted by Crippen LogP contribution is 2.61. The predicted octanol–water partition coefficient (Wildman–Crippen LogP) is 5.75. The van der Waals surface area contributed by atoms with Crippen LogP contribution in [-0.2, 0) is 14.9 Å². The van der Waals surface area contributed by atoms with Gasteiger partial charge in [0.05, 0.1) is 18.8 Å². The van der Waals surface area contributed by atoms with E-state index in [-0.39, 0.29) is 23.6 Å². The summed E-state index contributed by atoms with van der Waals surface area (Å²) >= 11 is 0. The van der Waals surface area contributed by atoms with E-state index in [1.54, 1.807) is 25.3 Å². The number of carbonyl (C=O) groups is 2. The van der Waals surface area contributed by atoms with Crippen molar-refractivity contribution >= 4 is 17.8 Å². The zero-order valence-corrected chi connectivity index (χ0v) is 20.8. The Hall–Kier alpha value is -2.96. The minimum absolute atomic E-state index is 0.117. The second kappa shape index (κ2) is 10.6. The first kappa shape index (κ1) is 24.7. The van der Waals surface area contributed by atoms with Crippen LogP contribution in [0.3, 0.4) is 0 Å². The van der Waals surface area contributed by atoms with Crippen LogP contribution in [0.15, 0.2) is 48.5 Å². The minimum atomic E-state index is -0.973. The summed E-state index contributed by atoms with van der Waals surface area (Å²) in [5, 5.41) is 9.06. The number of methoxy groups -OCH3 is 1. The number of allylic oxidation sites excluding steroid dienone is 1. The summed E-state index contributed by atoms with van der Waals surface area (Å²) in [5.41, 5.74) is 2.91. The van der Waals surface area contributed by atoms with Crippen LogP contribution in [-0.4, -0.2) is 44.0 Å².